The van der Waals surface area contributed by atoms with Crippen molar-refractivity contribution < 1.29 is 9.90 Å². The Hall–Kier alpha value is -2.68. The highest BCUT2D eigenvalue weighted by molar-refractivity contribution is 6.08. The monoisotopic (exact) mass is 277 g/mol. The summed E-state index contributed by atoms with van der Waals surface area (Å²) in [7, 11) is 0. The number of nitrogens with zero attached hydrogens (tertiary/aromatic N) is 1. The van der Waals surface area contributed by atoms with Crippen LogP contribution in [0, 0.1) is 13.8 Å². The smallest absolute Gasteiger partial charge is 0.336 e. The van der Waals surface area contributed by atoms with Gasteiger partial charge in [-0.1, -0.05) is 36.4 Å². The average Bonchev–Trinajstić information content (AvgIpc) is 2.46. The second kappa shape index (κ2) is 5.02. The van der Waals surface area contributed by atoms with Crippen molar-refractivity contribution in [2.45, 2.75) is 13.8 Å². The zero-order chi connectivity index (χ0) is 15.0. The van der Waals surface area contributed by atoms with E-state index in [1.807, 2.05) is 50.2 Å². The molecular weight excluding hydrogens is 262 g/mol. The van der Waals surface area contributed by atoms with Gasteiger partial charge in [-0.25, -0.2) is 4.79 Å². The lowest BCUT2D eigenvalue weighted by molar-refractivity contribution is 0.0699. The van der Waals surface area contributed by atoms with E-state index in [4.69, 9.17) is 0 Å². The molecule has 0 aliphatic heterocycles. The first-order valence-electron chi connectivity index (χ1n) is 6.77. The number of carboxylic acids is 1. The molecule has 0 saturated carbocycles. The number of aryl methyl sites for hydroxylation is 2. The standard InChI is InChI=1S/C18H15NO2/c1-11-9-10-13(12(2)19-11)14-5-3-7-16-15(14)6-4-8-17(16)18(20)21/h3-10H,1-2H3,(H,20,21). The van der Waals surface area contributed by atoms with E-state index in [1.165, 1.54) is 0 Å². The fraction of sp³-hybridized carbons (Fsp3) is 0.111. The molecule has 1 aromatic heterocycles. The quantitative estimate of drug-likeness (QED) is 0.763. The summed E-state index contributed by atoms with van der Waals surface area (Å²) < 4.78 is 0. The third kappa shape index (κ3) is 2.27. The molecule has 3 aromatic rings. The SMILES string of the molecule is Cc1ccc(-c2cccc3c(C(=O)O)cccc23)c(C)n1. The van der Waals surface area contributed by atoms with E-state index < -0.39 is 5.97 Å². The molecule has 0 aliphatic rings. The summed E-state index contributed by atoms with van der Waals surface area (Å²) in [6, 6.07) is 15.1. The minimum Gasteiger partial charge on any atom is -0.478 e. The van der Waals surface area contributed by atoms with Crippen molar-refractivity contribution in [3.8, 4) is 11.1 Å². The molecule has 3 nitrogen and oxygen atoms in total. The van der Waals surface area contributed by atoms with Gasteiger partial charge in [-0.15, -0.1) is 0 Å². The van der Waals surface area contributed by atoms with Crippen molar-refractivity contribution >= 4 is 16.7 Å². The zero-order valence-corrected chi connectivity index (χ0v) is 11.9. The van der Waals surface area contributed by atoms with E-state index in [2.05, 4.69) is 4.98 Å². The Labute approximate surface area is 122 Å². The summed E-state index contributed by atoms with van der Waals surface area (Å²) in [5.41, 5.74) is 4.30. The average molecular weight is 277 g/mol. The number of benzene rings is 2. The normalized spacial score (nSPS) is 10.8. The van der Waals surface area contributed by atoms with E-state index in [1.54, 1.807) is 12.1 Å². The van der Waals surface area contributed by atoms with Crippen molar-refractivity contribution in [3.63, 3.8) is 0 Å². The Kier molecular flexibility index (Phi) is 3.18. The molecule has 0 radical (unpaired) electrons. The minimum absolute atomic E-state index is 0.326. The van der Waals surface area contributed by atoms with Crippen LogP contribution in [-0.2, 0) is 0 Å². The molecule has 1 heterocycles. The molecule has 0 atom stereocenters. The summed E-state index contributed by atoms with van der Waals surface area (Å²) in [4.78, 5) is 15.9. The summed E-state index contributed by atoms with van der Waals surface area (Å²) in [6.07, 6.45) is 0. The van der Waals surface area contributed by atoms with Crippen molar-refractivity contribution in [1.29, 1.82) is 0 Å². The third-order valence-electron chi connectivity index (χ3n) is 3.67. The number of rotatable bonds is 2. The van der Waals surface area contributed by atoms with Crippen molar-refractivity contribution in [3.05, 3.63) is 65.5 Å². The van der Waals surface area contributed by atoms with Crippen LogP contribution in [0.5, 0.6) is 0 Å². The molecule has 0 amide bonds. The molecule has 1 N–H and O–H groups in total. The molecule has 3 rings (SSSR count). The van der Waals surface area contributed by atoms with Crippen LogP contribution >= 0.6 is 0 Å². The number of carboxylic acid groups (broad SMARTS) is 1. The highest BCUT2D eigenvalue weighted by Gasteiger charge is 2.12. The Morgan fingerprint density at radius 1 is 0.905 bits per heavy atom. The van der Waals surface area contributed by atoms with Gasteiger partial charge in [0.05, 0.1) is 5.56 Å². The van der Waals surface area contributed by atoms with Crippen LogP contribution in [0.25, 0.3) is 21.9 Å². The summed E-state index contributed by atoms with van der Waals surface area (Å²) in [6.45, 7) is 3.94. The summed E-state index contributed by atoms with van der Waals surface area (Å²) in [5.74, 6) is -0.906. The number of pyridine rings is 1. The molecule has 0 aliphatic carbocycles. The lowest BCUT2D eigenvalue weighted by Crippen LogP contribution is -1.98. The predicted molar refractivity (Wildman–Crippen MR) is 83.6 cm³/mol. The summed E-state index contributed by atoms with van der Waals surface area (Å²) >= 11 is 0. The maximum atomic E-state index is 11.4. The molecule has 2 aromatic carbocycles. The number of aromatic carboxylic acids is 1. The molecule has 0 bridgehead atoms. The highest BCUT2D eigenvalue weighted by atomic mass is 16.4. The molecule has 0 unspecified atom stereocenters. The van der Waals surface area contributed by atoms with Crippen LogP contribution in [0.2, 0.25) is 0 Å². The Morgan fingerprint density at radius 2 is 1.62 bits per heavy atom. The Morgan fingerprint density at radius 3 is 2.33 bits per heavy atom. The molecule has 0 spiro atoms. The fourth-order valence-corrected chi connectivity index (χ4v) is 2.70. The van der Waals surface area contributed by atoms with Gasteiger partial charge in [0.15, 0.2) is 0 Å². The Balaban J connectivity index is 2.34. The topological polar surface area (TPSA) is 50.2 Å². The van der Waals surface area contributed by atoms with Gasteiger partial charge >= 0.3 is 5.97 Å². The molecule has 21 heavy (non-hydrogen) atoms. The first-order chi connectivity index (χ1) is 10.1. The molecule has 0 fully saturated rings. The van der Waals surface area contributed by atoms with Crippen molar-refractivity contribution in [2.24, 2.45) is 0 Å². The molecule has 3 heteroatoms. The molecule has 0 saturated heterocycles. The van der Waals surface area contributed by atoms with Gasteiger partial charge < -0.3 is 5.11 Å². The fourth-order valence-electron chi connectivity index (χ4n) is 2.70. The van der Waals surface area contributed by atoms with Crippen LogP contribution in [-0.4, -0.2) is 16.1 Å². The maximum absolute atomic E-state index is 11.4. The van der Waals surface area contributed by atoms with Crippen LogP contribution in [0.15, 0.2) is 48.5 Å². The van der Waals surface area contributed by atoms with Gasteiger partial charge in [-0.2, -0.15) is 0 Å². The Bertz CT molecular complexity index is 853. The van der Waals surface area contributed by atoms with Gasteiger partial charge in [0.1, 0.15) is 0 Å². The van der Waals surface area contributed by atoms with Crippen LogP contribution < -0.4 is 0 Å². The first-order valence-corrected chi connectivity index (χ1v) is 6.77. The lowest BCUT2D eigenvalue weighted by Gasteiger charge is -2.11. The molecular formula is C18H15NO2. The van der Waals surface area contributed by atoms with E-state index in [-0.39, 0.29) is 0 Å². The number of aromatic nitrogens is 1. The van der Waals surface area contributed by atoms with Gasteiger partial charge in [0, 0.05) is 17.0 Å². The number of fused-ring (bicyclic) bond motifs is 1. The second-order valence-corrected chi connectivity index (χ2v) is 5.10. The van der Waals surface area contributed by atoms with Gasteiger partial charge in [-0.3, -0.25) is 4.98 Å². The van der Waals surface area contributed by atoms with Crippen molar-refractivity contribution in [1.82, 2.24) is 4.98 Å². The predicted octanol–water partition coefficient (Wildman–Crippen LogP) is 4.22. The summed E-state index contributed by atoms with van der Waals surface area (Å²) in [5, 5.41) is 11.0. The van der Waals surface area contributed by atoms with Crippen molar-refractivity contribution in [2.75, 3.05) is 0 Å². The first kappa shape index (κ1) is 13.3. The minimum atomic E-state index is -0.906. The van der Waals surface area contributed by atoms with Crippen LogP contribution in [0.1, 0.15) is 21.7 Å². The second-order valence-electron chi connectivity index (χ2n) is 5.10. The molecule has 104 valence electrons. The number of hydrogen-bond acceptors (Lipinski definition) is 2. The van der Waals surface area contributed by atoms with E-state index in [0.29, 0.717) is 5.56 Å². The zero-order valence-electron chi connectivity index (χ0n) is 11.9. The van der Waals surface area contributed by atoms with Gasteiger partial charge in [0.25, 0.3) is 0 Å². The van der Waals surface area contributed by atoms with Gasteiger partial charge in [-0.05, 0) is 42.3 Å². The third-order valence-corrected chi connectivity index (χ3v) is 3.67. The van der Waals surface area contributed by atoms with Gasteiger partial charge in [0.2, 0.25) is 0 Å². The van der Waals surface area contributed by atoms with E-state index >= 15 is 0 Å². The largest absolute Gasteiger partial charge is 0.478 e. The highest BCUT2D eigenvalue weighted by Crippen LogP contribution is 2.31. The van der Waals surface area contributed by atoms with Crippen LogP contribution in [0.3, 0.4) is 0 Å². The van der Waals surface area contributed by atoms with E-state index in [0.717, 1.165) is 33.3 Å². The lowest BCUT2D eigenvalue weighted by atomic mass is 9.95. The van der Waals surface area contributed by atoms with Crippen LogP contribution in [0.4, 0.5) is 0 Å². The van der Waals surface area contributed by atoms with E-state index in [9.17, 15) is 9.90 Å². The maximum Gasteiger partial charge on any atom is 0.336 e. The number of carbonyl (C=O) groups is 1. The number of hydrogen-bond donors (Lipinski definition) is 1.